The zero-order valence-corrected chi connectivity index (χ0v) is 38.7. The standard InChI is InChI=1S/C61H65N3/c1-5-7-9-11-13-17-39-61(40-18-14-12-10-8-6-2)55-20-16-15-19-53(55)54-41-51(35-38-56(54)61)58-57(48-29-21-44(3)22-30-48)59(49-31-25-46(42-62)26-32-49)64(52-36-23-45(4)24-37-52)60(58)50-33-27-47(43-63)28-34-50/h15-16,19-38,41,59-60H,5-14,17-18,39-40H2,1-4H3. The summed E-state index contributed by atoms with van der Waals surface area (Å²) in [7, 11) is 0. The van der Waals surface area contributed by atoms with Crippen molar-refractivity contribution >= 4 is 16.8 Å². The Morgan fingerprint density at radius 2 is 0.922 bits per heavy atom. The summed E-state index contributed by atoms with van der Waals surface area (Å²) < 4.78 is 0. The number of unbranched alkanes of at least 4 members (excludes halogenated alkanes) is 10. The molecule has 1 aliphatic carbocycles. The van der Waals surface area contributed by atoms with Gasteiger partial charge in [0.25, 0.3) is 0 Å². The Bertz CT molecular complexity index is 2600. The Morgan fingerprint density at radius 1 is 0.469 bits per heavy atom. The van der Waals surface area contributed by atoms with Crippen molar-refractivity contribution in [2.45, 2.75) is 135 Å². The Hall–Kier alpha value is -6.16. The maximum Gasteiger partial charge on any atom is 0.0991 e. The third-order valence-corrected chi connectivity index (χ3v) is 14.3. The lowest BCUT2D eigenvalue weighted by Gasteiger charge is -2.36. The highest BCUT2D eigenvalue weighted by molar-refractivity contribution is 6.03. The predicted octanol–water partition coefficient (Wildman–Crippen LogP) is 16.7. The molecule has 0 bridgehead atoms. The smallest absolute Gasteiger partial charge is 0.0991 e. The van der Waals surface area contributed by atoms with Gasteiger partial charge in [0.05, 0.1) is 35.3 Å². The molecule has 0 amide bonds. The highest BCUT2D eigenvalue weighted by atomic mass is 15.2. The van der Waals surface area contributed by atoms with Crippen molar-refractivity contribution in [3.63, 3.8) is 0 Å². The van der Waals surface area contributed by atoms with Crippen LogP contribution >= 0.6 is 0 Å². The van der Waals surface area contributed by atoms with Crippen LogP contribution in [0.25, 0.3) is 22.3 Å². The molecule has 0 radical (unpaired) electrons. The first-order valence-corrected chi connectivity index (χ1v) is 24.3. The minimum Gasteiger partial charge on any atom is -0.349 e. The topological polar surface area (TPSA) is 50.8 Å². The molecule has 1 aliphatic heterocycles. The van der Waals surface area contributed by atoms with E-state index < -0.39 is 0 Å². The van der Waals surface area contributed by atoms with Gasteiger partial charge in [0.1, 0.15) is 0 Å². The number of nitriles is 2. The SMILES string of the molecule is CCCCCCCCC1(CCCCCCCC)c2ccccc2-c2cc(C3=C(c4ccc(C)cc4)C(c4ccc(C#N)cc4)N(c4ccc(C)cc4)C3c3ccc(C#N)cc3)ccc21. The summed E-state index contributed by atoms with van der Waals surface area (Å²) >= 11 is 0. The van der Waals surface area contributed by atoms with E-state index in [1.807, 2.05) is 24.3 Å². The number of benzene rings is 6. The fourth-order valence-electron chi connectivity index (χ4n) is 10.9. The number of rotatable bonds is 19. The minimum absolute atomic E-state index is 0.00467. The van der Waals surface area contributed by atoms with Gasteiger partial charge in [-0.05, 0) is 125 Å². The van der Waals surface area contributed by atoms with Crippen LogP contribution < -0.4 is 4.90 Å². The third kappa shape index (κ3) is 9.10. The Labute approximate surface area is 384 Å². The van der Waals surface area contributed by atoms with Crippen LogP contribution in [0.15, 0.2) is 140 Å². The van der Waals surface area contributed by atoms with Crippen LogP contribution in [-0.4, -0.2) is 0 Å². The van der Waals surface area contributed by atoms with Gasteiger partial charge >= 0.3 is 0 Å². The van der Waals surface area contributed by atoms with Gasteiger partial charge in [0.15, 0.2) is 0 Å². The molecular formula is C61H65N3. The quantitative estimate of drug-likeness (QED) is 0.0764. The molecule has 0 aromatic heterocycles. The summed E-state index contributed by atoms with van der Waals surface area (Å²) in [5, 5.41) is 19.9. The molecule has 0 saturated heterocycles. The first-order chi connectivity index (χ1) is 31.4. The molecule has 3 heteroatoms. The van der Waals surface area contributed by atoms with E-state index in [1.54, 1.807) is 0 Å². The lowest BCUT2D eigenvalue weighted by molar-refractivity contribution is 0.398. The van der Waals surface area contributed by atoms with E-state index in [4.69, 9.17) is 0 Å². The molecule has 64 heavy (non-hydrogen) atoms. The van der Waals surface area contributed by atoms with Crippen LogP contribution in [0.4, 0.5) is 5.69 Å². The van der Waals surface area contributed by atoms with E-state index >= 15 is 0 Å². The van der Waals surface area contributed by atoms with Crippen LogP contribution in [-0.2, 0) is 5.41 Å². The van der Waals surface area contributed by atoms with Crippen LogP contribution in [0.1, 0.15) is 171 Å². The summed E-state index contributed by atoms with van der Waals surface area (Å²) in [6.07, 6.45) is 17.9. The fourth-order valence-corrected chi connectivity index (χ4v) is 10.9. The molecule has 3 nitrogen and oxygen atoms in total. The average Bonchev–Trinajstić information content (AvgIpc) is 3.82. The predicted molar refractivity (Wildman–Crippen MR) is 268 cm³/mol. The second kappa shape index (κ2) is 20.6. The Balaban J connectivity index is 1.35. The van der Waals surface area contributed by atoms with E-state index in [0.29, 0.717) is 11.1 Å². The van der Waals surface area contributed by atoms with Crippen LogP contribution in [0.2, 0.25) is 0 Å². The summed E-state index contributed by atoms with van der Waals surface area (Å²) in [4.78, 5) is 2.59. The molecule has 0 spiro atoms. The average molecular weight is 840 g/mol. The second-order valence-corrected chi connectivity index (χ2v) is 18.6. The second-order valence-electron chi connectivity index (χ2n) is 18.6. The van der Waals surface area contributed by atoms with Crippen molar-refractivity contribution in [3.8, 4) is 23.3 Å². The molecule has 0 saturated carbocycles. The van der Waals surface area contributed by atoms with Gasteiger partial charge in [0.2, 0.25) is 0 Å². The van der Waals surface area contributed by atoms with E-state index in [1.165, 1.54) is 146 Å². The van der Waals surface area contributed by atoms with Gasteiger partial charge in [-0.3, -0.25) is 0 Å². The normalized spacial score (nSPS) is 16.1. The summed E-state index contributed by atoms with van der Waals surface area (Å²) in [6.45, 7) is 8.92. The number of aryl methyl sites for hydroxylation is 2. The van der Waals surface area contributed by atoms with Gasteiger partial charge in [0, 0.05) is 11.1 Å². The van der Waals surface area contributed by atoms with Gasteiger partial charge in [-0.2, -0.15) is 10.5 Å². The molecule has 8 rings (SSSR count). The monoisotopic (exact) mass is 840 g/mol. The highest BCUT2D eigenvalue weighted by Gasteiger charge is 2.46. The highest BCUT2D eigenvalue weighted by Crippen LogP contribution is 2.60. The van der Waals surface area contributed by atoms with E-state index in [0.717, 1.165) is 16.8 Å². The van der Waals surface area contributed by atoms with Crippen molar-refractivity contribution in [2.24, 2.45) is 0 Å². The maximum absolute atomic E-state index is 9.95. The van der Waals surface area contributed by atoms with Gasteiger partial charge in [-0.25, -0.2) is 0 Å². The number of hydrogen-bond acceptors (Lipinski definition) is 3. The fraction of sp³-hybridized carbons (Fsp3) is 0.344. The molecule has 2 aliphatic rings. The summed E-state index contributed by atoms with van der Waals surface area (Å²) in [6, 6.07) is 55.8. The maximum atomic E-state index is 9.95. The zero-order valence-electron chi connectivity index (χ0n) is 38.7. The van der Waals surface area contributed by atoms with Crippen LogP contribution in [0.3, 0.4) is 0 Å². The van der Waals surface area contributed by atoms with Gasteiger partial charge < -0.3 is 4.90 Å². The van der Waals surface area contributed by atoms with Crippen molar-refractivity contribution in [1.29, 1.82) is 10.5 Å². The van der Waals surface area contributed by atoms with Crippen molar-refractivity contribution in [2.75, 3.05) is 4.90 Å². The molecule has 324 valence electrons. The lowest BCUT2D eigenvalue weighted by Crippen LogP contribution is -2.28. The van der Waals surface area contributed by atoms with E-state index in [-0.39, 0.29) is 17.5 Å². The third-order valence-electron chi connectivity index (χ3n) is 14.3. The molecule has 0 fully saturated rings. The van der Waals surface area contributed by atoms with E-state index in [9.17, 15) is 10.5 Å². The Morgan fingerprint density at radius 3 is 1.45 bits per heavy atom. The first kappa shape index (κ1) is 44.4. The molecule has 6 aromatic rings. The van der Waals surface area contributed by atoms with E-state index in [2.05, 4.69) is 160 Å². The molecular weight excluding hydrogens is 775 g/mol. The number of nitrogens with zero attached hydrogens (tertiary/aromatic N) is 3. The van der Waals surface area contributed by atoms with Crippen LogP contribution in [0.5, 0.6) is 0 Å². The van der Waals surface area contributed by atoms with Crippen LogP contribution in [0, 0.1) is 36.5 Å². The number of fused-ring (bicyclic) bond motifs is 3. The van der Waals surface area contributed by atoms with Crippen molar-refractivity contribution in [3.05, 3.63) is 195 Å². The van der Waals surface area contributed by atoms with Gasteiger partial charge in [-0.1, -0.05) is 199 Å². The summed E-state index contributed by atoms with van der Waals surface area (Å²) in [5.41, 5.74) is 17.8. The largest absolute Gasteiger partial charge is 0.349 e. The minimum atomic E-state index is -0.182. The molecule has 2 atom stereocenters. The number of hydrogen-bond donors (Lipinski definition) is 0. The van der Waals surface area contributed by atoms with Gasteiger partial charge in [-0.15, -0.1) is 0 Å². The first-order valence-electron chi connectivity index (χ1n) is 24.3. The molecule has 1 heterocycles. The molecule has 2 unspecified atom stereocenters. The summed E-state index contributed by atoms with van der Waals surface area (Å²) in [5.74, 6) is 0. The van der Waals surface area contributed by atoms with Crippen molar-refractivity contribution in [1.82, 2.24) is 0 Å². The molecule has 6 aromatic carbocycles. The molecule has 0 N–H and O–H groups in total. The lowest BCUT2D eigenvalue weighted by atomic mass is 9.70. The van der Waals surface area contributed by atoms with Crippen molar-refractivity contribution < 1.29 is 0 Å². The Kier molecular flexibility index (Phi) is 14.3. The number of anilines is 1. The zero-order chi connectivity index (χ0) is 44.5.